The summed E-state index contributed by atoms with van der Waals surface area (Å²) in [5.41, 5.74) is 5.12. The summed E-state index contributed by atoms with van der Waals surface area (Å²) >= 11 is 5.98. The number of fused-ring (bicyclic) bond motifs is 1. The molecule has 4 rings (SSSR count). The molecule has 2 amide bonds. The lowest BCUT2D eigenvalue weighted by atomic mass is 9.74. The molecule has 2 unspecified atom stereocenters. The highest BCUT2D eigenvalue weighted by molar-refractivity contribution is 6.30. The van der Waals surface area contributed by atoms with Gasteiger partial charge in [0.1, 0.15) is 0 Å². The van der Waals surface area contributed by atoms with E-state index in [0.717, 1.165) is 32.1 Å². The first-order valence-corrected chi connectivity index (χ1v) is 9.79. The Morgan fingerprint density at radius 2 is 1.75 bits per heavy atom. The average molecular weight is 395 g/mol. The topological polar surface area (TPSA) is 111 Å². The van der Waals surface area contributed by atoms with Crippen molar-refractivity contribution in [1.82, 2.24) is 4.90 Å². The van der Waals surface area contributed by atoms with Crippen LogP contribution in [0.5, 0.6) is 0 Å². The maximum absolute atomic E-state index is 13.5. The molecule has 1 heterocycles. The van der Waals surface area contributed by atoms with Crippen molar-refractivity contribution in [2.24, 2.45) is 17.1 Å². The highest BCUT2D eigenvalue weighted by Crippen LogP contribution is 2.58. The van der Waals surface area contributed by atoms with Gasteiger partial charge in [0.2, 0.25) is 5.91 Å². The highest BCUT2D eigenvalue weighted by Gasteiger charge is 2.70. The van der Waals surface area contributed by atoms with Gasteiger partial charge in [-0.1, -0.05) is 43.0 Å². The van der Waals surface area contributed by atoms with Gasteiger partial charge >= 0.3 is 0 Å². The zero-order chi connectivity index (χ0) is 20.1. The molecule has 3 aliphatic rings. The lowest BCUT2D eigenvalue weighted by Gasteiger charge is -2.31. The molecule has 0 bridgehead atoms. The number of likely N-dealkylation sites (tertiary alicyclic amines) is 1. The first kappa shape index (κ1) is 18.5. The first-order chi connectivity index (χ1) is 13.5. The van der Waals surface area contributed by atoms with Crippen molar-refractivity contribution in [3.8, 4) is 12.1 Å². The van der Waals surface area contributed by atoms with Gasteiger partial charge in [0.05, 0.1) is 29.3 Å². The van der Waals surface area contributed by atoms with Gasteiger partial charge in [-0.15, -0.1) is 0 Å². The number of rotatable bonds is 2. The number of nitrogens with zero attached hydrogens (tertiary/aromatic N) is 3. The van der Waals surface area contributed by atoms with Crippen LogP contribution >= 0.6 is 11.6 Å². The van der Waals surface area contributed by atoms with Crippen LogP contribution in [0.1, 0.15) is 43.6 Å². The lowest BCUT2D eigenvalue weighted by Crippen LogP contribution is -2.44. The average Bonchev–Trinajstić information content (AvgIpc) is 3.10. The van der Waals surface area contributed by atoms with Crippen LogP contribution in [0.15, 0.2) is 35.5 Å². The summed E-state index contributed by atoms with van der Waals surface area (Å²) in [5, 5.41) is 20.3. The van der Waals surface area contributed by atoms with E-state index in [4.69, 9.17) is 17.3 Å². The summed E-state index contributed by atoms with van der Waals surface area (Å²) in [6, 6.07) is 10.6. The molecule has 3 atom stereocenters. The Kier molecular flexibility index (Phi) is 4.40. The van der Waals surface area contributed by atoms with E-state index >= 15 is 0 Å². The normalized spacial score (nSPS) is 30.3. The molecule has 0 radical (unpaired) electrons. The van der Waals surface area contributed by atoms with E-state index in [1.807, 2.05) is 12.1 Å². The molecule has 6 nitrogen and oxygen atoms in total. The Hall–Kier alpha value is -2.83. The number of hydrogen-bond donors (Lipinski definition) is 1. The quantitative estimate of drug-likeness (QED) is 0.775. The van der Waals surface area contributed by atoms with Gasteiger partial charge in [0.15, 0.2) is 5.41 Å². The summed E-state index contributed by atoms with van der Waals surface area (Å²) < 4.78 is 0. The van der Waals surface area contributed by atoms with Crippen molar-refractivity contribution in [2.45, 2.75) is 44.1 Å². The van der Waals surface area contributed by atoms with Crippen LogP contribution in [0.25, 0.3) is 0 Å². The van der Waals surface area contributed by atoms with Crippen LogP contribution < -0.4 is 5.73 Å². The number of hydrogen-bond acceptors (Lipinski definition) is 5. The minimum atomic E-state index is -1.80. The third-order valence-electron chi connectivity index (χ3n) is 6.35. The van der Waals surface area contributed by atoms with Crippen LogP contribution in [0, 0.1) is 34.0 Å². The SMILES string of the molecule is N#CC1=C(N)C2(C#N)C(=O)N(C3CCCCC3)C(=O)C2[C@@H]1c1ccc(Cl)cc1. The Labute approximate surface area is 168 Å². The molecule has 28 heavy (non-hydrogen) atoms. The number of benzene rings is 1. The van der Waals surface area contributed by atoms with E-state index in [1.165, 1.54) is 4.90 Å². The third-order valence-corrected chi connectivity index (χ3v) is 6.60. The van der Waals surface area contributed by atoms with Crippen LogP contribution in [0.2, 0.25) is 5.02 Å². The van der Waals surface area contributed by atoms with Gasteiger partial charge in [0.25, 0.3) is 5.91 Å². The molecular weight excluding hydrogens is 376 g/mol. The van der Waals surface area contributed by atoms with Crippen molar-refractivity contribution in [2.75, 3.05) is 0 Å². The van der Waals surface area contributed by atoms with Crippen LogP contribution in [-0.4, -0.2) is 22.8 Å². The van der Waals surface area contributed by atoms with Crippen LogP contribution in [0.4, 0.5) is 0 Å². The third kappa shape index (κ3) is 2.31. The number of halogens is 1. The van der Waals surface area contributed by atoms with E-state index in [9.17, 15) is 20.1 Å². The molecule has 1 aromatic rings. The van der Waals surface area contributed by atoms with E-state index in [0.29, 0.717) is 10.6 Å². The molecular formula is C21H19ClN4O2. The highest BCUT2D eigenvalue weighted by atomic mass is 35.5. The Balaban J connectivity index is 1.87. The van der Waals surface area contributed by atoms with Gasteiger partial charge in [-0.3, -0.25) is 14.5 Å². The number of nitriles is 2. The summed E-state index contributed by atoms with van der Waals surface area (Å²) in [5.74, 6) is -2.71. The Morgan fingerprint density at radius 1 is 1.11 bits per heavy atom. The van der Waals surface area contributed by atoms with Gasteiger partial charge < -0.3 is 5.73 Å². The van der Waals surface area contributed by atoms with Crippen LogP contribution in [-0.2, 0) is 9.59 Å². The second-order valence-corrected chi connectivity index (χ2v) is 8.11. The second kappa shape index (κ2) is 6.65. The number of carbonyl (C=O) groups is 2. The molecule has 2 fully saturated rings. The molecule has 0 spiro atoms. The summed E-state index contributed by atoms with van der Waals surface area (Å²) in [4.78, 5) is 28.1. The molecule has 1 saturated carbocycles. The maximum atomic E-state index is 13.5. The summed E-state index contributed by atoms with van der Waals surface area (Å²) in [6.45, 7) is 0. The van der Waals surface area contributed by atoms with Gasteiger partial charge in [0, 0.05) is 17.0 Å². The number of nitrogens with two attached hydrogens (primary N) is 1. The van der Waals surface area contributed by atoms with Gasteiger partial charge in [-0.2, -0.15) is 10.5 Å². The number of imide groups is 1. The van der Waals surface area contributed by atoms with Crippen molar-refractivity contribution in [3.63, 3.8) is 0 Å². The van der Waals surface area contributed by atoms with E-state index in [-0.39, 0.29) is 17.3 Å². The molecule has 1 saturated heterocycles. The first-order valence-electron chi connectivity index (χ1n) is 9.41. The van der Waals surface area contributed by atoms with E-state index < -0.39 is 29.1 Å². The molecule has 1 aromatic carbocycles. The molecule has 0 aromatic heterocycles. The number of carbonyl (C=O) groups excluding carboxylic acids is 2. The monoisotopic (exact) mass is 394 g/mol. The standard InChI is InChI=1S/C21H19ClN4O2/c22-13-8-6-12(7-9-13)16-15(10-23)18(25)21(11-24)17(16)19(27)26(20(21)28)14-4-2-1-3-5-14/h6-9,14,16-17H,1-5,25H2/t16-,17?,21?/m1/s1. The van der Waals surface area contributed by atoms with Gasteiger partial charge in [-0.25, -0.2) is 0 Å². The van der Waals surface area contributed by atoms with E-state index in [2.05, 4.69) is 0 Å². The van der Waals surface area contributed by atoms with Crippen molar-refractivity contribution >= 4 is 23.4 Å². The van der Waals surface area contributed by atoms with E-state index in [1.54, 1.807) is 24.3 Å². The molecule has 142 valence electrons. The zero-order valence-corrected chi connectivity index (χ0v) is 15.9. The fraction of sp³-hybridized carbons (Fsp3) is 0.429. The number of allylic oxidation sites excluding steroid dienone is 1. The van der Waals surface area contributed by atoms with Crippen LogP contribution in [0.3, 0.4) is 0 Å². The van der Waals surface area contributed by atoms with Gasteiger partial charge in [-0.05, 0) is 30.5 Å². The second-order valence-electron chi connectivity index (χ2n) is 7.67. The summed E-state index contributed by atoms with van der Waals surface area (Å²) in [7, 11) is 0. The Bertz CT molecular complexity index is 966. The summed E-state index contributed by atoms with van der Waals surface area (Å²) in [6.07, 6.45) is 4.45. The molecule has 1 aliphatic heterocycles. The maximum Gasteiger partial charge on any atom is 0.256 e. The van der Waals surface area contributed by atoms with Crippen molar-refractivity contribution < 1.29 is 9.59 Å². The molecule has 7 heteroatoms. The lowest BCUT2D eigenvalue weighted by molar-refractivity contribution is -0.143. The number of amides is 2. The predicted octanol–water partition coefficient (Wildman–Crippen LogP) is 3.00. The fourth-order valence-electron chi connectivity index (χ4n) is 5.00. The fourth-order valence-corrected chi connectivity index (χ4v) is 5.13. The molecule has 2 aliphatic carbocycles. The minimum absolute atomic E-state index is 0.0842. The molecule has 2 N–H and O–H groups in total. The van der Waals surface area contributed by atoms with Crippen molar-refractivity contribution in [3.05, 3.63) is 46.1 Å². The smallest absolute Gasteiger partial charge is 0.256 e. The zero-order valence-electron chi connectivity index (χ0n) is 15.2. The Morgan fingerprint density at radius 3 is 2.32 bits per heavy atom. The van der Waals surface area contributed by atoms with Crippen molar-refractivity contribution in [1.29, 1.82) is 10.5 Å². The predicted molar refractivity (Wildman–Crippen MR) is 101 cm³/mol. The minimum Gasteiger partial charge on any atom is -0.399 e. The largest absolute Gasteiger partial charge is 0.399 e.